The van der Waals surface area contributed by atoms with Gasteiger partial charge in [-0.05, 0) is 86.2 Å². The number of aryl methyl sites for hydroxylation is 2. The largest absolute Gasteiger partial charge is 0.127 e. The zero-order valence-electron chi connectivity index (χ0n) is 17.2. The number of hydrogen-bond acceptors (Lipinski definition) is 1. The Labute approximate surface area is 187 Å². The molecule has 0 saturated carbocycles. The summed E-state index contributed by atoms with van der Waals surface area (Å²) in [6, 6.07) is 4.77. The van der Waals surface area contributed by atoms with Crippen LogP contribution in [0.3, 0.4) is 0 Å². The molecule has 0 aliphatic heterocycles. The van der Waals surface area contributed by atoms with E-state index in [0.717, 1.165) is 0 Å². The molecule has 2 aromatic rings. The SMILES string of the molecule is CCCCCCCCc1cc(Br)c2sc(Br)cc2c1CCCCCCCC. The Hall–Kier alpha value is 0.140. The van der Waals surface area contributed by atoms with Crippen molar-refractivity contribution in [1.29, 1.82) is 0 Å². The number of hydrogen-bond donors (Lipinski definition) is 0. The molecule has 0 atom stereocenters. The maximum absolute atomic E-state index is 3.84. The first-order valence-corrected chi connectivity index (χ1v) is 13.5. The smallest absolute Gasteiger partial charge is 0.0711 e. The summed E-state index contributed by atoms with van der Waals surface area (Å²) < 4.78 is 3.94. The van der Waals surface area contributed by atoms with Gasteiger partial charge in [0.25, 0.3) is 0 Å². The first-order valence-electron chi connectivity index (χ1n) is 11.1. The zero-order chi connectivity index (χ0) is 19.5. The fraction of sp³-hybridized carbons (Fsp3) is 0.667. The van der Waals surface area contributed by atoms with Gasteiger partial charge in [-0.2, -0.15) is 0 Å². The molecule has 0 radical (unpaired) electrons. The van der Waals surface area contributed by atoms with Crippen LogP contribution in [0.4, 0.5) is 0 Å². The van der Waals surface area contributed by atoms with Crippen LogP contribution in [0.2, 0.25) is 0 Å². The molecular weight excluding hydrogens is 480 g/mol. The van der Waals surface area contributed by atoms with Crippen LogP contribution in [0, 0.1) is 0 Å². The highest BCUT2D eigenvalue weighted by atomic mass is 79.9. The van der Waals surface area contributed by atoms with E-state index in [2.05, 4.69) is 57.8 Å². The molecular formula is C24H36Br2S. The molecule has 0 saturated heterocycles. The lowest BCUT2D eigenvalue weighted by atomic mass is 9.94. The normalized spacial score (nSPS) is 11.6. The number of rotatable bonds is 14. The van der Waals surface area contributed by atoms with Gasteiger partial charge < -0.3 is 0 Å². The second-order valence-electron chi connectivity index (χ2n) is 7.82. The third-order valence-corrected chi connectivity index (χ3v) is 8.07. The lowest BCUT2D eigenvalue weighted by Gasteiger charge is -2.13. The van der Waals surface area contributed by atoms with E-state index >= 15 is 0 Å². The van der Waals surface area contributed by atoms with E-state index in [9.17, 15) is 0 Å². The van der Waals surface area contributed by atoms with Gasteiger partial charge in [0, 0.05) is 9.17 Å². The molecule has 0 bridgehead atoms. The summed E-state index contributed by atoms with van der Waals surface area (Å²) in [7, 11) is 0. The molecule has 0 spiro atoms. The fourth-order valence-electron chi connectivity index (χ4n) is 3.94. The molecule has 3 heteroatoms. The van der Waals surface area contributed by atoms with Crippen molar-refractivity contribution in [3.63, 3.8) is 0 Å². The average Bonchev–Trinajstić information content (AvgIpc) is 3.05. The zero-order valence-corrected chi connectivity index (χ0v) is 21.2. The van der Waals surface area contributed by atoms with Gasteiger partial charge >= 0.3 is 0 Å². The minimum absolute atomic E-state index is 1.24. The van der Waals surface area contributed by atoms with Crippen molar-refractivity contribution in [1.82, 2.24) is 0 Å². The molecule has 27 heavy (non-hydrogen) atoms. The first-order chi connectivity index (χ1) is 13.2. The first kappa shape index (κ1) is 23.4. The predicted octanol–water partition coefficient (Wildman–Crippen LogP) is 10.2. The van der Waals surface area contributed by atoms with E-state index in [1.165, 1.54) is 108 Å². The van der Waals surface area contributed by atoms with Gasteiger partial charge in [0.1, 0.15) is 0 Å². The quantitative estimate of drug-likeness (QED) is 0.219. The summed E-state index contributed by atoms with van der Waals surface area (Å²) in [6.45, 7) is 4.59. The van der Waals surface area contributed by atoms with Gasteiger partial charge in [-0.15, -0.1) is 11.3 Å². The van der Waals surface area contributed by atoms with Crippen LogP contribution in [0.15, 0.2) is 20.4 Å². The van der Waals surface area contributed by atoms with E-state index in [4.69, 9.17) is 0 Å². The Morgan fingerprint density at radius 3 is 1.89 bits per heavy atom. The molecule has 152 valence electrons. The maximum atomic E-state index is 3.84. The summed E-state index contributed by atoms with van der Waals surface area (Å²) in [5, 5.41) is 1.48. The molecule has 2 rings (SSSR count). The lowest BCUT2D eigenvalue weighted by molar-refractivity contribution is 0.600. The van der Waals surface area contributed by atoms with Gasteiger partial charge in [0.15, 0.2) is 0 Å². The molecule has 0 nitrogen and oxygen atoms in total. The molecule has 1 heterocycles. The highest BCUT2D eigenvalue weighted by molar-refractivity contribution is 9.11. The van der Waals surface area contributed by atoms with Gasteiger partial charge in [-0.1, -0.05) is 78.1 Å². The van der Waals surface area contributed by atoms with Crippen molar-refractivity contribution in [3.8, 4) is 0 Å². The monoisotopic (exact) mass is 514 g/mol. The maximum Gasteiger partial charge on any atom is 0.0711 e. The van der Waals surface area contributed by atoms with Crippen molar-refractivity contribution in [3.05, 3.63) is 31.5 Å². The van der Waals surface area contributed by atoms with Crippen LogP contribution in [0.25, 0.3) is 10.1 Å². The lowest BCUT2D eigenvalue weighted by Crippen LogP contribution is -1.97. The summed E-state index contributed by atoms with van der Waals surface area (Å²) in [6.07, 6.45) is 18.9. The molecule has 0 aliphatic carbocycles. The van der Waals surface area contributed by atoms with Gasteiger partial charge in [0.2, 0.25) is 0 Å². The van der Waals surface area contributed by atoms with Crippen LogP contribution in [0.1, 0.15) is 102 Å². The molecule has 0 amide bonds. The Bertz CT molecular complexity index is 675. The number of unbranched alkanes of at least 4 members (excludes halogenated alkanes) is 10. The Morgan fingerprint density at radius 2 is 1.26 bits per heavy atom. The van der Waals surface area contributed by atoms with E-state index in [-0.39, 0.29) is 0 Å². The van der Waals surface area contributed by atoms with E-state index < -0.39 is 0 Å². The molecule has 1 aromatic heterocycles. The Kier molecular flexibility index (Phi) is 11.6. The second kappa shape index (κ2) is 13.4. The minimum atomic E-state index is 1.24. The van der Waals surface area contributed by atoms with Crippen LogP contribution in [0.5, 0.6) is 0 Å². The van der Waals surface area contributed by atoms with E-state index in [0.29, 0.717) is 0 Å². The number of fused-ring (bicyclic) bond motifs is 1. The number of thiophene rings is 1. The van der Waals surface area contributed by atoms with Crippen molar-refractivity contribution >= 4 is 53.3 Å². The van der Waals surface area contributed by atoms with Crippen molar-refractivity contribution in [2.75, 3.05) is 0 Å². The predicted molar refractivity (Wildman–Crippen MR) is 131 cm³/mol. The topological polar surface area (TPSA) is 0 Å². The molecule has 1 aromatic carbocycles. The van der Waals surface area contributed by atoms with Gasteiger partial charge in [-0.3, -0.25) is 0 Å². The molecule has 0 N–H and O–H groups in total. The highest BCUT2D eigenvalue weighted by Crippen LogP contribution is 2.39. The minimum Gasteiger partial charge on any atom is -0.127 e. The standard InChI is InChI=1S/C24H36Br2S/c1-3-5-7-9-11-13-15-19-17-22(25)24-21(18-23(26)27-24)20(19)16-14-12-10-8-6-4-2/h17-18H,3-16H2,1-2H3. The average molecular weight is 516 g/mol. The number of benzene rings is 1. The summed E-state index contributed by atoms with van der Waals surface area (Å²) >= 11 is 9.41. The van der Waals surface area contributed by atoms with Gasteiger partial charge in [0.05, 0.1) is 3.79 Å². The Balaban J connectivity index is 2.02. The van der Waals surface area contributed by atoms with Crippen LogP contribution >= 0.6 is 43.2 Å². The fourth-order valence-corrected chi connectivity index (χ4v) is 6.20. The van der Waals surface area contributed by atoms with Crippen LogP contribution in [-0.2, 0) is 12.8 Å². The molecule has 0 aliphatic rings. The summed E-state index contributed by atoms with van der Waals surface area (Å²) in [4.78, 5) is 0. The molecule has 0 fully saturated rings. The van der Waals surface area contributed by atoms with Gasteiger partial charge in [-0.25, -0.2) is 0 Å². The summed E-state index contributed by atoms with van der Waals surface area (Å²) in [5.74, 6) is 0. The van der Waals surface area contributed by atoms with E-state index in [1.807, 2.05) is 11.3 Å². The third kappa shape index (κ3) is 7.82. The van der Waals surface area contributed by atoms with Crippen molar-refractivity contribution < 1.29 is 0 Å². The number of halogens is 2. The van der Waals surface area contributed by atoms with E-state index in [1.54, 1.807) is 11.1 Å². The second-order valence-corrected chi connectivity index (χ2v) is 11.1. The van der Waals surface area contributed by atoms with Crippen LogP contribution in [-0.4, -0.2) is 0 Å². The van der Waals surface area contributed by atoms with Crippen LogP contribution < -0.4 is 0 Å². The summed E-state index contributed by atoms with van der Waals surface area (Å²) in [5.41, 5.74) is 3.21. The Morgan fingerprint density at radius 1 is 0.704 bits per heavy atom. The third-order valence-electron chi connectivity index (χ3n) is 5.51. The van der Waals surface area contributed by atoms with Crippen molar-refractivity contribution in [2.24, 2.45) is 0 Å². The highest BCUT2D eigenvalue weighted by Gasteiger charge is 2.14. The molecule has 0 unspecified atom stereocenters. The van der Waals surface area contributed by atoms with Crippen molar-refractivity contribution in [2.45, 2.75) is 104 Å².